The van der Waals surface area contributed by atoms with Crippen LogP contribution in [0.1, 0.15) is 33.3 Å². The molecule has 0 spiro atoms. The number of hydrogen-bond acceptors (Lipinski definition) is 6. The van der Waals surface area contributed by atoms with E-state index in [9.17, 15) is 9.59 Å². The summed E-state index contributed by atoms with van der Waals surface area (Å²) in [5.74, 6) is -0.638. The van der Waals surface area contributed by atoms with Gasteiger partial charge in [0.2, 0.25) is 0 Å². The van der Waals surface area contributed by atoms with E-state index < -0.39 is 0 Å². The molecule has 8 heteroatoms. The van der Waals surface area contributed by atoms with Crippen molar-refractivity contribution in [1.82, 2.24) is 14.8 Å². The Bertz CT molecular complexity index is 909. The van der Waals surface area contributed by atoms with Gasteiger partial charge in [-0.05, 0) is 37.6 Å². The molecule has 124 valence electrons. The molecule has 0 radical (unpaired) electrons. The van der Waals surface area contributed by atoms with E-state index in [0.29, 0.717) is 28.5 Å². The Hall–Kier alpha value is -2.74. The Morgan fingerprint density at radius 3 is 2.83 bits per heavy atom. The fourth-order valence-electron chi connectivity index (χ4n) is 2.35. The summed E-state index contributed by atoms with van der Waals surface area (Å²) in [6.07, 6.45) is 1.64. The third-order valence-electron chi connectivity index (χ3n) is 3.46. The van der Waals surface area contributed by atoms with Gasteiger partial charge < -0.3 is 4.74 Å². The van der Waals surface area contributed by atoms with Crippen LogP contribution in [-0.4, -0.2) is 33.2 Å². The maximum Gasteiger partial charge on any atom is 0.338 e. The molecule has 1 N–H and O–H groups in total. The molecule has 0 aliphatic carbocycles. The molecule has 24 heavy (non-hydrogen) atoms. The average Bonchev–Trinajstić information content (AvgIpc) is 3.09. The van der Waals surface area contributed by atoms with Crippen molar-refractivity contribution < 1.29 is 14.3 Å². The molecule has 0 bridgehead atoms. The molecule has 1 amide bonds. The van der Waals surface area contributed by atoms with Crippen LogP contribution in [0.3, 0.4) is 0 Å². The number of benzene rings is 1. The first-order valence-electron chi connectivity index (χ1n) is 7.37. The molecule has 3 aromatic rings. The number of carbonyl (C=O) groups excluding carboxylic acids is 2. The molecule has 0 saturated carbocycles. The summed E-state index contributed by atoms with van der Waals surface area (Å²) < 4.78 is 7.32. The number of anilines is 1. The summed E-state index contributed by atoms with van der Waals surface area (Å²) in [4.78, 5) is 28.5. The molecule has 2 aromatic heterocycles. The highest BCUT2D eigenvalue weighted by Gasteiger charge is 2.16. The summed E-state index contributed by atoms with van der Waals surface area (Å²) >= 11 is 1.30. The van der Waals surface area contributed by atoms with Crippen LogP contribution >= 0.6 is 11.3 Å². The van der Waals surface area contributed by atoms with E-state index in [4.69, 9.17) is 4.74 Å². The zero-order valence-electron chi connectivity index (χ0n) is 13.5. The Morgan fingerprint density at radius 2 is 2.17 bits per heavy atom. The lowest BCUT2D eigenvalue weighted by Gasteiger charge is -2.02. The van der Waals surface area contributed by atoms with Crippen molar-refractivity contribution in [3.05, 3.63) is 41.2 Å². The summed E-state index contributed by atoms with van der Waals surface area (Å²) in [7, 11) is 1.71. The molecule has 0 unspecified atom stereocenters. The molecule has 7 nitrogen and oxygen atoms in total. The van der Waals surface area contributed by atoms with Crippen molar-refractivity contribution in [2.75, 3.05) is 11.9 Å². The van der Waals surface area contributed by atoms with Gasteiger partial charge in [0.05, 0.1) is 28.6 Å². The lowest BCUT2D eigenvalue weighted by molar-refractivity contribution is 0.0526. The van der Waals surface area contributed by atoms with Crippen LogP contribution in [0.4, 0.5) is 5.13 Å². The highest BCUT2D eigenvalue weighted by Crippen LogP contribution is 2.27. The number of carbonyl (C=O) groups is 2. The van der Waals surface area contributed by atoms with E-state index in [1.165, 1.54) is 16.0 Å². The Kier molecular flexibility index (Phi) is 4.30. The van der Waals surface area contributed by atoms with Crippen LogP contribution in [0, 0.1) is 6.92 Å². The number of esters is 1. The summed E-state index contributed by atoms with van der Waals surface area (Å²) in [6.45, 7) is 3.91. The Morgan fingerprint density at radius 1 is 1.38 bits per heavy atom. The second kappa shape index (κ2) is 6.40. The van der Waals surface area contributed by atoms with Crippen LogP contribution < -0.4 is 5.32 Å². The SMILES string of the molecule is CCOC(=O)c1ccc2nc(NC(=O)c3c(C)cnn3C)sc2c1. The quantitative estimate of drug-likeness (QED) is 0.736. The zero-order chi connectivity index (χ0) is 17.3. The summed E-state index contributed by atoms with van der Waals surface area (Å²) in [5.41, 5.74) is 2.46. The van der Waals surface area contributed by atoms with Crippen LogP contribution in [-0.2, 0) is 11.8 Å². The minimum atomic E-state index is -0.371. The molecule has 0 aliphatic heterocycles. The standard InChI is InChI=1S/C16H16N4O3S/c1-4-23-15(22)10-5-6-11-12(7-10)24-16(18-11)19-14(21)13-9(2)8-17-20(13)3/h5-8H,4H2,1-3H3,(H,18,19,21). The minimum absolute atomic E-state index is 0.267. The van der Waals surface area contributed by atoms with E-state index in [1.807, 2.05) is 6.92 Å². The number of nitrogens with one attached hydrogen (secondary N) is 1. The third-order valence-corrected chi connectivity index (χ3v) is 4.39. The number of amides is 1. The van der Waals surface area contributed by atoms with E-state index in [0.717, 1.165) is 10.3 Å². The topological polar surface area (TPSA) is 86.1 Å². The van der Waals surface area contributed by atoms with E-state index in [2.05, 4.69) is 15.4 Å². The van der Waals surface area contributed by atoms with Gasteiger partial charge in [-0.1, -0.05) is 11.3 Å². The van der Waals surface area contributed by atoms with Crippen molar-refractivity contribution in [2.24, 2.45) is 7.05 Å². The maximum absolute atomic E-state index is 12.4. The molecule has 3 rings (SSSR count). The molecule has 2 heterocycles. The summed E-state index contributed by atoms with van der Waals surface area (Å²) in [5, 5.41) is 7.31. The van der Waals surface area contributed by atoms with Crippen LogP contribution in [0.25, 0.3) is 10.2 Å². The number of ether oxygens (including phenoxy) is 1. The van der Waals surface area contributed by atoms with Crippen LogP contribution in [0.15, 0.2) is 24.4 Å². The predicted molar refractivity (Wildman–Crippen MR) is 91.5 cm³/mol. The van der Waals surface area contributed by atoms with Gasteiger partial charge in [0.1, 0.15) is 5.69 Å². The monoisotopic (exact) mass is 344 g/mol. The first kappa shape index (κ1) is 16.1. The molecule has 0 atom stereocenters. The smallest absolute Gasteiger partial charge is 0.338 e. The highest BCUT2D eigenvalue weighted by molar-refractivity contribution is 7.22. The average molecular weight is 344 g/mol. The van der Waals surface area contributed by atoms with Gasteiger partial charge in [-0.3, -0.25) is 14.8 Å². The van der Waals surface area contributed by atoms with Crippen LogP contribution in [0.2, 0.25) is 0 Å². The Labute approximate surface area is 142 Å². The van der Waals surface area contributed by atoms with Gasteiger partial charge in [0, 0.05) is 7.05 Å². The number of fused-ring (bicyclic) bond motifs is 1. The van der Waals surface area contributed by atoms with E-state index in [1.54, 1.807) is 38.4 Å². The van der Waals surface area contributed by atoms with Crippen molar-refractivity contribution in [1.29, 1.82) is 0 Å². The number of aryl methyl sites for hydroxylation is 2. The fourth-order valence-corrected chi connectivity index (χ4v) is 3.25. The number of thiazole rings is 1. The zero-order valence-corrected chi connectivity index (χ0v) is 14.3. The molecule has 0 aliphatic rings. The van der Waals surface area contributed by atoms with Crippen molar-refractivity contribution >= 4 is 38.6 Å². The first-order chi connectivity index (χ1) is 11.5. The maximum atomic E-state index is 12.4. The number of rotatable bonds is 4. The molecule has 1 aromatic carbocycles. The first-order valence-corrected chi connectivity index (χ1v) is 8.19. The van der Waals surface area contributed by atoms with Gasteiger partial charge >= 0.3 is 5.97 Å². The number of aromatic nitrogens is 3. The normalized spacial score (nSPS) is 10.8. The number of hydrogen-bond donors (Lipinski definition) is 1. The largest absolute Gasteiger partial charge is 0.462 e. The predicted octanol–water partition coefficient (Wildman–Crippen LogP) is 2.77. The van der Waals surface area contributed by atoms with Gasteiger partial charge in [-0.15, -0.1) is 0 Å². The van der Waals surface area contributed by atoms with Gasteiger partial charge in [0.15, 0.2) is 5.13 Å². The second-order valence-corrected chi connectivity index (χ2v) is 6.21. The van der Waals surface area contributed by atoms with E-state index in [-0.39, 0.29) is 11.9 Å². The minimum Gasteiger partial charge on any atom is -0.462 e. The second-order valence-electron chi connectivity index (χ2n) is 5.18. The van der Waals surface area contributed by atoms with Crippen molar-refractivity contribution in [2.45, 2.75) is 13.8 Å². The third kappa shape index (κ3) is 3.00. The molecular formula is C16H16N4O3S. The molecule has 0 fully saturated rings. The van der Waals surface area contributed by atoms with Crippen molar-refractivity contribution in [3.63, 3.8) is 0 Å². The van der Waals surface area contributed by atoms with Crippen LogP contribution in [0.5, 0.6) is 0 Å². The lowest BCUT2D eigenvalue weighted by atomic mass is 10.2. The molecular weight excluding hydrogens is 328 g/mol. The number of nitrogens with zero attached hydrogens (tertiary/aromatic N) is 3. The van der Waals surface area contributed by atoms with Gasteiger partial charge in [0.25, 0.3) is 5.91 Å². The fraction of sp³-hybridized carbons (Fsp3) is 0.250. The highest BCUT2D eigenvalue weighted by atomic mass is 32.1. The summed E-state index contributed by atoms with van der Waals surface area (Å²) in [6, 6.07) is 5.12. The Balaban J connectivity index is 1.86. The van der Waals surface area contributed by atoms with Gasteiger partial charge in [-0.2, -0.15) is 5.10 Å². The van der Waals surface area contributed by atoms with Crippen molar-refractivity contribution in [3.8, 4) is 0 Å². The lowest BCUT2D eigenvalue weighted by Crippen LogP contribution is -2.17. The molecule has 0 saturated heterocycles. The van der Waals surface area contributed by atoms with Gasteiger partial charge in [-0.25, -0.2) is 9.78 Å². The van der Waals surface area contributed by atoms with E-state index >= 15 is 0 Å².